The van der Waals surface area contributed by atoms with Crippen molar-refractivity contribution < 1.29 is 19.4 Å². The van der Waals surface area contributed by atoms with Gasteiger partial charge < -0.3 is 4.74 Å². The van der Waals surface area contributed by atoms with Gasteiger partial charge in [0, 0.05) is 17.2 Å². The number of rotatable bonds is 4. The number of aryl methyl sites for hydroxylation is 2. The summed E-state index contributed by atoms with van der Waals surface area (Å²) in [7, 11) is 0. The molecule has 0 atom stereocenters. The van der Waals surface area contributed by atoms with Crippen molar-refractivity contribution in [3.05, 3.63) is 72.3 Å². The van der Waals surface area contributed by atoms with Crippen molar-refractivity contribution in [1.82, 2.24) is 0 Å². The van der Waals surface area contributed by atoms with Crippen LogP contribution in [0.2, 0.25) is 5.02 Å². The molecular weight excluding hydrogens is 340 g/mol. The molecule has 9 heteroatoms. The summed E-state index contributed by atoms with van der Waals surface area (Å²) in [5.41, 5.74) is -0.0608. The molecule has 8 nitrogen and oxygen atoms in total. The SMILES string of the molecule is Cc1cc(OC(=O)c2cc([N+](=O)[O-])cc([N+](=O)[O-])c2)cc(C)c1Cl. The maximum Gasteiger partial charge on any atom is 0.344 e. The lowest BCUT2D eigenvalue weighted by Crippen LogP contribution is -2.10. The van der Waals surface area contributed by atoms with Crippen LogP contribution in [-0.4, -0.2) is 15.8 Å². The lowest BCUT2D eigenvalue weighted by Gasteiger charge is -2.08. The Balaban J connectivity index is 2.39. The van der Waals surface area contributed by atoms with Gasteiger partial charge in [-0.2, -0.15) is 0 Å². The minimum atomic E-state index is -0.942. The number of nitro groups is 2. The summed E-state index contributed by atoms with van der Waals surface area (Å²) in [5, 5.41) is 22.2. The molecule has 0 aliphatic heterocycles. The molecule has 0 spiro atoms. The Hall–Kier alpha value is -3.00. The first-order chi connectivity index (χ1) is 11.2. The summed E-state index contributed by atoms with van der Waals surface area (Å²) in [5.74, 6) is -0.753. The van der Waals surface area contributed by atoms with Crippen LogP contribution in [0.4, 0.5) is 11.4 Å². The van der Waals surface area contributed by atoms with Crippen LogP contribution >= 0.6 is 11.6 Å². The molecule has 0 heterocycles. The summed E-state index contributed by atoms with van der Waals surface area (Å²) in [4.78, 5) is 32.2. The fraction of sp³-hybridized carbons (Fsp3) is 0.133. The highest BCUT2D eigenvalue weighted by Gasteiger charge is 2.21. The average Bonchev–Trinajstić information content (AvgIpc) is 2.51. The van der Waals surface area contributed by atoms with Gasteiger partial charge >= 0.3 is 5.97 Å². The van der Waals surface area contributed by atoms with Gasteiger partial charge in [-0.15, -0.1) is 0 Å². The van der Waals surface area contributed by atoms with Crippen molar-refractivity contribution in [1.29, 1.82) is 0 Å². The standard InChI is InChI=1S/C15H11ClN2O6/c1-8-3-13(4-9(2)14(8)16)24-15(19)10-5-11(17(20)21)7-12(6-10)18(22)23/h3-7H,1-2H3. The maximum atomic E-state index is 12.2. The van der Waals surface area contributed by atoms with E-state index in [9.17, 15) is 25.0 Å². The second-order valence-corrected chi connectivity index (χ2v) is 5.39. The number of hydrogen-bond donors (Lipinski definition) is 0. The van der Waals surface area contributed by atoms with Gasteiger partial charge in [0.15, 0.2) is 0 Å². The van der Waals surface area contributed by atoms with Gasteiger partial charge in [0.2, 0.25) is 0 Å². The number of hydrogen-bond acceptors (Lipinski definition) is 6. The minimum Gasteiger partial charge on any atom is -0.423 e. The predicted molar refractivity (Wildman–Crippen MR) is 85.6 cm³/mol. The first-order valence-corrected chi connectivity index (χ1v) is 6.99. The Morgan fingerprint density at radius 3 is 1.83 bits per heavy atom. The van der Waals surface area contributed by atoms with E-state index in [-0.39, 0.29) is 11.3 Å². The quantitative estimate of drug-likeness (QED) is 0.356. The third-order valence-corrected chi connectivity index (χ3v) is 3.78. The first kappa shape index (κ1) is 17.4. The molecule has 0 radical (unpaired) electrons. The number of benzene rings is 2. The highest BCUT2D eigenvalue weighted by Crippen LogP contribution is 2.28. The van der Waals surface area contributed by atoms with Crippen LogP contribution in [0.25, 0.3) is 0 Å². The number of non-ortho nitro benzene ring substituents is 2. The number of nitrogens with zero attached hydrogens (tertiary/aromatic N) is 2. The Labute approximate surface area is 140 Å². The van der Waals surface area contributed by atoms with E-state index in [2.05, 4.69) is 0 Å². The van der Waals surface area contributed by atoms with E-state index < -0.39 is 27.2 Å². The Kier molecular flexibility index (Phi) is 4.79. The van der Waals surface area contributed by atoms with E-state index in [1.165, 1.54) is 12.1 Å². The largest absolute Gasteiger partial charge is 0.423 e. The highest BCUT2D eigenvalue weighted by atomic mass is 35.5. The molecule has 0 bridgehead atoms. The monoisotopic (exact) mass is 350 g/mol. The van der Waals surface area contributed by atoms with Gasteiger partial charge in [-0.25, -0.2) is 4.79 Å². The first-order valence-electron chi connectivity index (χ1n) is 6.62. The molecule has 2 aromatic rings. The molecule has 0 saturated heterocycles. The van der Waals surface area contributed by atoms with E-state index in [0.717, 1.165) is 18.2 Å². The lowest BCUT2D eigenvalue weighted by atomic mass is 10.1. The summed E-state index contributed by atoms with van der Waals surface area (Å²) in [6, 6.07) is 5.67. The third kappa shape index (κ3) is 3.66. The van der Waals surface area contributed by atoms with Crippen molar-refractivity contribution >= 4 is 28.9 Å². The molecular formula is C15H11ClN2O6. The van der Waals surface area contributed by atoms with Crippen LogP contribution in [0.5, 0.6) is 5.75 Å². The fourth-order valence-corrected chi connectivity index (χ4v) is 2.16. The Bertz CT molecular complexity index is 810. The van der Waals surface area contributed by atoms with E-state index >= 15 is 0 Å². The summed E-state index contributed by atoms with van der Waals surface area (Å²) in [6.45, 7) is 3.45. The van der Waals surface area contributed by atoms with Crippen molar-refractivity contribution in [2.45, 2.75) is 13.8 Å². The van der Waals surface area contributed by atoms with Crippen molar-refractivity contribution in [3.8, 4) is 5.75 Å². The molecule has 2 aromatic carbocycles. The number of carbonyl (C=O) groups is 1. The Morgan fingerprint density at radius 2 is 1.42 bits per heavy atom. The second kappa shape index (κ2) is 6.63. The van der Waals surface area contributed by atoms with Gasteiger partial charge in [0.05, 0.1) is 21.5 Å². The third-order valence-electron chi connectivity index (χ3n) is 3.18. The molecule has 0 N–H and O–H groups in total. The fourth-order valence-electron chi connectivity index (χ4n) is 2.05. The van der Waals surface area contributed by atoms with Crippen LogP contribution in [0.3, 0.4) is 0 Å². The van der Waals surface area contributed by atoms with E-state index in [0.29, 0.717) is 16.1 Å². The van der Waals surface area contributed by atoms with Crippen molar-refractivity contribution in [3.63, 3.8) is 0 Å². The maximum absolute atomic E-state index is 12.2. The highest BCUT2D eigenvalue weighted by molar-refractivity contribution is 6.32. The smallest absolute Gasteiger partial charge is 0.344 e. The number of carbonyl (C=O) groups excluding carboxylic acids is 1. The second-order valence-electron chi connectivity index (χ2n) is 5.01. The van der Waals surface area contributed by atoms with Gasteiger partial charge in [-0.1, -0.05) is 11.6 Å². The van der Waals surface area contributed by atoms with Crippen LogP contribution in [0, 0.1) is 34.1 Å². The predicted octanol–water partition coefficient (Wildman–Crippen LogP) is 3.99. The molecule has 0 aliphatic carbocycles. The molecule has 0 saturated carbocycles. The molecule has 0 fully saturated rings. The number of halogens is 1. The molecule has 24 heavy (non-hydrogen) atoms. The normalized spacial score (nSPS) is 10.3. The zero-order chi connectivity index (χ0) is 18.0. The van der Waals surface area contributed by atoms with Gasteiger partial charge in [-0.3, -0.25) is 20.2 Å². The summed E-state index contributed by atoms with van der Waals surface area (Å²) in [6.07, 6.45) is 0. The van der Waals surface area contributed by atoms with E-state index in [1.54, 1.807) is 13.8 Å². The summed E-state index contributed by atoms with van der Waals surface area (Å²) < 4.78 is 5.14. The van der Waals surface area contributed by atoms with Crippen molar-refractivity contribution in [2.75, 3.05) is 0 Å². The molecule has 0 unspecified atom stereocenters. The van der Waals surface area contributed by atoms with Gasteiger partial charge in [0.1, 0.15) is 5.75 Å². The molecule has 2 rings (SSSR count). The zero-order valence-electron chi connectivity index (χ0n) is 12.6. The van der Waals surface area contributed by atoms with Crippen LogP contribution in [0.15, 0.2) is 30.3 Å². The number of ether oxygens (including phenoxy) is 1. The minimum absolute atomic E-state index is 0.188. The zero-order valence-corrected chi connectivity index (χ0v) is 13.4. The number of esters is 1. The van der Waals surface area contributed by atoms with E-state index in [1.807, 2.05) is 0 Å². The van der Waals surface area contributed by atoms with Crippen LogP contribution in [0.1, 0.15) is 21.5 Å². The molecule has 124 valence electrons. The van der Waals surface area contributed by atoms with Crippen molar-refractivity contribution in [2.24, 2.45) is 0 Å². The average molecular weight is 351 g/mol. The summed E-state index contributed by atoms with van der Waals surface area (Å²) >= 11 is 6.02. The lowest BCUT2D eigenvalue weighted by molar-refractivity contribution is -0.394. The topological polar surface area (TPSA) is 113 Å². The molecule has 0 aromatic heterocycles. The molecule has 0 aliphatic rings. The van der Waals surface area contributed by atoms with E-state index in [4.69, 9.17) is 16.3 Å². The Morgan fingerprint density at radius 1 is 0.958 bits per heavy atom. The van der Waals surface area contributed by atoms with Crippen LogP contribution in [-0.2, 0) is 0 Å². The van der Waals surface area contributed by atoms with Gasteiger partial charge in [-0.05, 0) is 37.1 Å². The van der Waals surface area contributed by atoms with Crippen LogP contribution < -0.4 is 4.74 Å². The number of nitro benzene ring substituents is 2. The molecule has 0 amide bonds. The van der Waals surface area contributed by atoms with Gasteiger partial charge in [0.25, 0.3) is 11.4 Å².